The van der Waals surface area contributed by atoms with Crippen molar-refractivity contribution in [3.8, 4) is 0 Å². The normalized spacial score (nSPS) is 15.0. The number of rotatable bonds is 2. The van der Waals surface area contributed by atoms with Crippen molar-refractivity contribution < 1.29 is 9.18 Å². The van der Waals surface area contributed by atoms with Crippen molar-refractivity contribution >= 4 is 34.2 Å². The van der Waals surface area contributed by atoms with E-state index in [0.717, 1.165) is 3.57 Å². The molecule has 0 aromatic heterocycles. The third-order valence-corrected chi connectivity index (χ3v) is 4.57. The molecule has 1 aliphatic heterocycles. The molecule has 0 radical (unpaired) electrons. The summed E-state index contributed by atoms with van der Waals surface area (Å²) >= 11 is 2.22. The molecule has 3 rings (SSSR count). The fraction of sp³-hybridized carbons (Fsp3) is 0.235. The van der Waals surface area contributed by atoms with Crippen molar-refractivity contribution in [2.45, 2.75) is 0 Å². The highest BCUT2D eigenvalue weighted by molar-refractivity contribution is 14.1. The predicted molar refractivity (Wildman–Crippen MR) is 93.7 cm³/mol. The van der Waals surface area contributed by atoms with Crippen molar-refractivity contribution in [2.24, 2.45) is 0 Å². The van der Waals surface area contributed by atoms with E-state index in [1.165, 1.54) is 6.07 Å². The first kappa shape index (κ1) is 15.3. The number of halogens is 2. The zero-order valence-electron chi connectivity index (χ0n) is 12.0. The minimum Gasteiger partial charge on any atom is -0.366 e. The molecule has 0 N–H and O–H groups in total. The number of carbonyl (C=O) groups is 1. The molecule has 1 amide bonds. The Kier molecular flexibility index (Phi) is 4.61. The predicted octanol–water partition coefficient (Wildman–Crippen LogP) is 3.39. The number of benzene rings is 2. The lowest BCUT2D eigenvalue weighted by atomic mass is 10.1. The Hall–Kier alpha value is -1.63. The molecule has 1 fully saturated rings. The van der Waals surface area contributed by atoms with Crippen LogP contribution in [0.3, 0.4) is 0 Å². The second-order valence-corrected chi connectivity index (χ2v) is 6.48. The lowest BCUT2D eigenvalue weighted by molar-refractivity contribution is 0.0746. The van der Waals surface area contributed by atoms with Crippen molar-refractivity contribution in [1.29, 1.82) is 0 Å². The molecule has 1 heterocycles. The van der Waals surface area contributed by atoms with Gasteiger partial charge in [-0.2, -0.15) is 0 Å². The van der Waals surface area contributed by atoms with Crippen LogP contribution in [0, 0.1) is 9.39 Å². The van der Waals surface area contributed by atoms with Crippen LogP contribution >= 0.6 is 22.6 Å². The molecule has 1 saturated heterocycles. The van der Waals surface area contributed by atoms with Crippen LogP contribution in [0.4, 0.5) is 10.1 Å². The molecule has 0 atom stereocenters. The molecule has 2 aromatic carbocycles. The maximum absolute atomic E-state index is 13.8. The molecule has 0 aliphatic carbocycles. The van der Waals surface area contributed by atoms with Crippen molar-refractivity contribution in [1.82, 2.24) is 4.90 Å². The summed E-state index contributed by atoms with van der Waals surface area (Å²) < 4.78 is 14.9. The van der Waals surface area contributed by atoms with Gasteiger partial charge in [-0.05, 0) is 59.0 Å². The fourth-order valence-electron chi connectivity index (χ4n) is 2.63. The largest absolute Gasteiger partial charge is 0.366 e. The van der Waals surface area contributed by atoms with E-state index >= 15 is 0 Å². The van der Waals surface area contributed by atoms with Gasteiger partial charge in [-0.15, -0.1) is 0 Å². The number of anilines is 1. The van der Waals surface area contributed by atoms with Gasteiger partial charge in [-0.3, -0.25) is 4.79 Å². The van der Waals surface area contributed by atoms with E-state index in [-0.39, 0.29) is 11.7 Å². The summed E-state index contributed by atoms with van der Waals surface area (Å²) in [5.74, 6) is -0.163. The van der Waals surface area contributed by atoms with Gasteiger partial charge < -0.3 is 9.80 Å². The molecule has 0 saturated carbocycles. The average molecular weight is 410 g/mol. The van der Waals surface area contributed by atoms with Gasteiger partial charge >= 0.3 is 0 Å². The maximum atomic E-state index is 13.8. The van der Waals surface area contributed by atoms with Gasteiger partial charge in [0.2, 0.25) is 0 Å². The summed E-state index contributed by atoms with van der Waals surface area (Å²) in [6.45, 7) is 2.52. The van der Waals surface area contributed by atoms with Crippen LogP contribution in [-0.4, -0.2) is 37.0 Å². The van der Waals surface area contributed by atoms with Gasteiger partial charge in [0.25, 0.3) is 5.91 Å². The number of carbonyl (C=O) groups excluding carboxylic acids is 1. The van der Waals surface area contributed by atoms with Crippen LogP contribution in [-0.2, 0) is 0 Å². The fourth-order valence-corrected chi connectivity index (χ4v) is 2.99. The smallest absolute Gasteiger partial charge is 0.253 e. The Morgan fingerprint density at radius 1 is 0.955 bits per heavy atom. The summed E-state index contributed by atoms with van der Waals surface area (Å²) in [6, 6.07) is 14.4. The molecule has 0 bridgehead atoms. The Bertz CT molecular complexity index is 667. The number of para-hydroxylation sites is 1. The Balaban J connectivity index is 1.65. The Labute approximate surface area is 142 Å². The molecule has 114 valence electrons. The summed E-state index contributed by atoms with van der Waals surface area (Å²) in [5.41, 5.74) is 1.32. The quantitative estimate of drug-likeness (QED) is 0.709. The second-order valence-electron chi connectivity index (χ2n) is 5.24. The molecule has 0 unspecified atom stereocenters. The van der Waals surface area contributed by atoms with Gasteiger partial charge in [0, 0.05) is 35.3 Å². The lowest BCUT2D eigenvalue weighted by Gasteiger charge is -2.36. The lowest BCUT2D eigenvalue weighted by Crippen LogP contribution is -2.49. The van der Waals surface area contributed by atoms with Crippen LogP contribution in [0.25, 0.3) is 0 Å². The highest BCUT2D eigenvalue weighted by Gasteiger charge is 2.23. The van der Waals surface area contributed by atoms with Gasteiger partial charge in [0.1, 0.15) is 5.82 Å². The zero-order valence-corrected chi connectivity index (χ0v) is 14.2. The summed E-state index contributed by atoms with van der Waals surface area (Å²) in [6.07, 6.45) is 0. The molecular formula is C17H16FIN2O. The SMILES string of the molecule is O=C(c1ccc(I)cc1)N1CCN(c2ccccc2F)CC1. The van der Waals surface area contributed by atoms with Crippen molar-refractivity contribution in [3.05, 3.63) is 63.5 Å². The monoisotopic (exact) mass is 410 g/mol. The van der Waals surface area contributed by atoms with Crippen molar-refractivity contribution in [2.75, 3.05) is 31.1 Å². The number of nitrogens with zero attached hydrogens (tertiary/aromatic N) is 2. The first-order valence-corrected chi connectivity index (χ1v) is 8.27. The molecule has 22 heavy (non-hydrogen) atoms. The van der Waals surface area contributed by atoms with E-state index < -0.39 is 0 Å². The maximum Gasteiger partial charge on any atom is 0.253 e. The zero-order chi connectivity index (χ0) is 15.5. The van der Waals surface area contributed by atoms with Crippen LogP contribution in [0.15, 0.2) is 48.5 Å². The van der Waals surface area contributed by atoms with Crippen LogP contribution in [0.2, 0.25) is 0 Å². The van der Waals surface area contributed by atoms with E-state index in [1.807, 2.05) is 40.1 Å². The minimum atomic E-state index is -0.208. The van der Waals surface area contributed by atoms with Crippen LogP contribution < -0.4 is 4.90 Å². The van der Waals surface area contributed by atoms with Crippen molar-refractivity contribution in [3.63, 3.8) is 0 Å². The van der Waals surface area contributed by atoms with Gasteiger partial charge in [0.05, 0.1) is 5.69 Å². The topological polar surface area (TPSA) is 23.6 Å². The van der Waals surface area contributed by atoms with Gasteiger partial charge in [-0.25, -0.2) is 4.39 Å². The molecule has 5 heteroatoms. The van der Waals surface area contributed by atoms with Gasteiger partial charge in [-0.1, -0.05) is 12.1 Å². The first-order chi connectivity index (χ1) is 10.6. The van der Waals surface area contributed by atoms with E-state index in [1.54, 1.807) is 12.1 Å². The molecular weight excluding hydrogens is 394 g/mol. The third-order valence-electron chi connectivity index (χ3n) is 3.85. The Morgan fingerprint density at radius 3 is 2.23 bits per heavy atom. The van der Waals surface area contributed by atoms with Crippen LogP contribution in [0.1, 0.15) is 10.4 Å². The Morgan fingerprint density at radius 2 is 1.59 bits per heavy atom. The average Bonchev–Trinajstić information content (AvgIpc) is 2.56. The number of hydrogen-bond donors (Lipinski definition) is 0. The second kappa shape index (κ2) is 6.64. The molecule has 2 aromatic rings. The third kappa shape index (κ3) is 3.24. The summed E-state index contributed by atoms with van der Waals surface area (Å²) in [4.78, 5) is 16.3. The van der Waals surface area contributed by atoms with E-state index in [2.05, 4.69) is 22.6 Å². The van der Waals surface area contributed by atoms with Crippen LogP contribution in [0.5, 0.6) is 0 Å². The molecule has 1 aliphatic rings. The number of piperazine rings is 1. The summed E-state index contributed by atoms with van der Waals surface area (Å²) in [5, 5.41) is 0. The number of hydrogen-bond acceptors (Lipinski definition) is 2. The first-order valence-electron chi connectivity index (χ1n) is 7.19. The number of amides is 1. The van der Waals surface area contributed by atoms with E-state index in [4.69, 9.17) is 0 Å². The van der Waals surface area contributed by atoms with E-state index in [9.17, 15) is 9.18 Å². The highest BCUT2D eigenvalue weighted by Crippen LogP contribution is 2.20. The minimum absolute atomic E-state index is 0.0459. The highest BCUT2D eigenvalue weighted by atomic mass is 127. The summed E-state index contributed by atoms with van der Waals surface area (Å²) in [7, 11) is 0. The molecule has 0 spiro atoms. The van der Waals surface area contributed by atoms with E-state index in [0.29, 0.717) is 37.4 Å². The molecule has 3 nitrogen and oxygen atoms in total. The van der Waals surface area contributed by atoms with Gasteiger partial charge in [0.15, 0.2) is 0 Å². The standard InChI is InChI=1S/C17H16FIN2O/c18-15-3-1-2-4-16(15)20-9-11-21(12-10-20)17(22)13-5-7-14(19)8-6-13/h1-8H,9-12H2.